The Balaban J connectivity index is 2.08. The van der Waals surface area contributed by atoms with E-state index >= 15 is 0 Å². The lowest BCUT2D eigenvalue weighted by molar-refractivity contribution is -0.119. The summed E-state index contributed by atoms with van der Waals surface area (Å²) in [4.78, 5) is 11.5. The summed E-state index contributed by atoms with van der Waals surface area (Å²) in [5.74, 6) is 1.36. The summed E-state index contributed by atoms with van der Waals surface area (Å²) in [5, 5.41) is 0. The van der Waals surface area contributed by atoms with E-state index in [4.69, 9.17) is 4.74 Å². The first kappa shape index (κ1) is 12.6. The van der Waals surface area contributed by atoms with Gasteiger partial charge in [0, 0.05) is 23.7 Å². The number of carbonyl (C=O) groups is 1. The average Bonchev–Trinajstić information content (AvgIpc) is 2.74. The van der Waals surface area contributed by atoms with Crippen LogP contribution in [0.1, 0.15) is 37.3 Å². The summed E-state index contributed by atoms with van der Waals surface area (Å²) < 4.78 is 6.73. The monoisotopic (exact) mass is 296 g/mol. The van der Waals surface area contributed by atoms with E-state index in [9.17, 15) is 4.79 Å². The highest BCUT2D eigenvalue weighted by Crippen LogP contribution is 2.33. The predicted molar refractivity (Wildman–Crippen MR) is 71.6 cm³/mol. The lowest BCUT2D eigenvalue weighted by Gasteiger charge is -2.08. The molecule has 0 aliphatic carbocycles. The van der Waals surface area contributed by atoms with Crippen LogP contribution in [-0.4, -0.2) is 12.4 Å². The van der Waals surface area contributed by atoms with Crippen molar-refractivity contribution >= 4 is 21.7 Å². The molecule has 3 heteroatoms. The smallest absolute Gasteiger partial charge is 0.133 e. The number of fused-ring (bicyclic) bond motifs is 1. The highest BCUT2D eigenvalue weighted by Gasteiger charge is 2.17. The molecule has 0 spiro atoms. The van der Waals surface area contributed by atoms with E-state index in [2.05, 4.69) is 28.1 Å². The normalized spacial score (nSPS) is 13.3. The van der Waals surface area contributed by atoms with Gasteiger partial charge in [-0.25, -0.2) is 0 Å². The van der Waals surface area contributed by atoms with Crippen LogP contribution in [0.2, 0.25) is 0 Å². The number of hydrogen-bond donors (Lipinski definition) is 0. The second kappa shape index (κ2) is 5.67. The molecule has 0 atom stereocenters. The van der Waals surface area contributed by atoms with Crippen molar-refractivity contribution in [1.82, 2.24) is 0 Å². The molecule has 0 saturated carbocycles. The zero-order valence-electron chi connectivity index (χ0n) is 10.1. The number of carbonyl (C=O) groups excluding carboxylic acids is 1. The molecule has 1 heterocycles. The summed E-state index contributed by atoms with van der Waals surface area (Å²) in [6.45, 7) is 2.81. The molecule has 0 radical (unpaired) electrons. The van der Waals surface area contributed by atoms with Crippen molar-refractivity contribution in [3.8, 4) is 5.75 Å². The van der Waals surface area contributed by atoms with Gasteiger partial charge in [0.1, 0.15) is 11.5 Å². The predicted octanol–water partition coefficient (Wildman–Crippen LogP) is 3.69. The van der Waals surface area contributed by atoms with Crippen LogP contribution in [0.25, 0.3) is 0 Å². The topological polar surface area (TPSA) is 26.3 Å². The molecule has 17 heavy (non-hydrogen) atoms. The quantitative estimate of drug-likeness (QED) is 0.828. The minimum atomic E-state index is 0.347. The number of hydrogen-bond acceptors (Lipinski definition) is 2. The maximum atomic E-state index is 11.5. The SMILES string of the molecule is CCCC(=O)CCc1cc(Br)cc2c1OCC2. The highest BCUT2D eigenvalue weighted by atomic mass is 79.9. The van der Waals surface area contributed by atoms with E-state index in [1.807, 2.05) is 6.92 Å². The molecule has 0 unspecified atom stereocenters. The summed E-state index contributed by atoms with van der Waals surface area (Å²) >= 11 is 3.51. The van der Waals surface area contributed by atoms with Crippen LogP contribution in [-0.2, 0) is 17.6 Å². The maximum absolute atomic E-state index is 11.5. The average molecular weight is 297 g/mol. The van der Waals surface area contributed by atoms with Gasteiger partial charge in [0.25, 0.3) is 0 Å². The lowest BCUT2D eigenvalue weighted by Crippen LogP contribution is -2.00. The van der Waals surface area contributed by atoms with Crippen LogP contribution in [0.3, 0.4) is 0 Å². The summed E-state index contributed by atoms with van der Waals surface area (Å²) in [7, 11) is 0. The van der Waals surface area contributed by atoms with Crippen LogP contribution < -0.4 is 4.74 Å². The molecule has 0 fully saturated rings. The van der Waals surface area contributed by atoms with Gasteiger partial charge in [-0.1, -0.05) is 22.9 Å². The van der Waals surface area contributed by atoms with Crippen LogP contribution in [0, 0.1) is 0 Å². The van der Waals surface area contributed by atoms with Crippen molar-refractivity contribution in [2.75, 3.05) is 6.61 Å². The molecular weight excluding hydrogens is 280 g/mol. The largest absolute Gasteiger partial charge is 0.493 e. The number of benzene rings is 1. The molecular formula is C14H17BrO2. The molecule has 0 aromatic heterocycles. The minimum absolute atomic E-state index is 0.347. The third-order valence-electron chi connectivity index (χ3n) is 3.03. The van der Waals surface area contributed by atoms with Gasteiger partial charge in [-0.05, 0) is 36.1 Å². The van der Waals surface area contributed by atoms with Gasteiger partial charge < -0.3 is 4.74 Å². The fourth-order valence-corrected chi connectivity index (χ4v) is 2.76. The first-order chi connectivity index (χ1) is 8.20. The Labute approximate surface area is 110 Å². The Morgan fingerprint density at radius 1 is 1.41 bits per heavy atom. The van der Waals surface area contributed by atoms with Gasteiger partial charge >= 0.3 is 0 Å². The number of aryl methyl sites for hydroxylation is 1. The molecule has 2 nitrogen and oxygen atoms in total. The Morgan fingerprint density at radius 2 is 2.24 bits per heavy atom. The van der Waals surface area contributed by atoms with E-state index in [-0.39, 0.29) is 0 Å². The zero-order chi connectivity index (χ0) is 12.3. The standard InChI is InChI=1S/C14H17BrO2/c1-2-3-13(16)5-4-10-8-12(15)9-11-6-7-17-14(10)11/h8-9H,2-7H2,1H3. The molecule has 2 rings (SSSR count). The molecule has 0 saturated heterocycles. The first-order valence-corrected chi connectivity index (χ1v) is 6.95. The first-order valence-electron chi connectivity index (χ1n) is 6.16. The molecule has 92 valence electrons. The van der Waals surface area contributed by atoms with Gasteiger partial charge in [0.2, 0.25) is 0 Å². The van der Waals surface area contributed by atoms with Crippen LogP contribution in [0.5, 0.6) is 5.75 Å². The van der Waals surface area contributed by atoms with E-state index in [1.165, 1.54) is 5.56 Å². The fraction of sp³-hybridized carbons (Fsp3) is 0.500. The van der Waals surface area contributed by atoms with Crippen LogP contribution in [0.15, 0.2) is 16.6 Å². The summed E-state index contributed by atoms with van der Waals surface area (Å²) in [6, 6.07) is 4.18. The molecule has 0 N–H and O–H groups in total. The van der Waals surface area contributed by atoms with Crippen molar-refractivity contribution in [3.05, 3.63) is 27.7 Å². The van der Waals surface area contributed by atoms with Crippen LogP contribution in [0.4, 0.5) is 0 Å². The summed E-state index contributed by atoms with van der Waals surface area (Å²) in [5.41, 5.74) is 2.42. The number of halogens is 1. The minimum Gasteiger partial charge on any atom is -0.493 e. The second-order valence-electron chi connectivity index (χ2n) is 4.44. The van der Waals surface area contributed by atoms with Crippen molar-refractivity contribution in [2.45, 2.75) is 39.0 Å². The zero-order valence-corrected chi connectivity index (χ0v) is 11.7. The van der Waals surface area contributed by atoms with E-state index < -0.39 is 0 Å². The lowest BCUT2D eigenvalue weighted by atomic mass is 10.0. The number of ketones is 1. The highest BCUT2D eigenvalue weighted by molar-refractivity contribution is 9.10. The van der Waals surface area contributed by atoms with E-state index in [0.29, 0.717) is 18.6 Å². The molecule has 0 bridgehead atoms. The fourth-order valence-electron chi connectivity index (χ4n) is 2.21. The Morgan fingerprint density at radius 3 is 3.00 bits per heavy atom. The third kappa shape index (κ3) is 3.09. The molecule has 1 aliphatic rings. The molecule has 1 aromatic carbocycles. The van der Waals surface area contributed by atoms with Gasteiger partial charge in [-0.3, -0.25) is 4.79 Å². The van der Waals surface area contributed by atoms with E-state index in [0.717, 1.165) is 41.7 Å². The van der Waals surface area contributed by atoms with Gasteiger partial charge in [-0.15, -0.1) is 0 Å². The van der Waals surface area contributed by atoms with Gasteiger partial charge in [0.15, 0.2) is 0 Å². The molecule has 1 aromatic rings. The molecule has 1 aliphatic heterocycles. The van der Waals surface area contributed by atoms with Crippen LogP contribution >= 0.6 is 15.9 Å². The maximum Gasteiger partial charge on any atom is 0.133 e. The number of rotatable bonds is 5. The summed E-state index contributed by atoms with van der Waals surface area (Å²) in [6.07, 6.45) is 4.02. The Hall–Kier alpha value is -0.830. The van der Waals surface area contributed by atoms with Crippen molar-refractivity contribution in [2.24, 2.45) is 0 Å². The number of ether oxygens (including phenoxy) is 1. The van der Waals surface area contributed by atoms with Gasteiger partial charge in [-0.2, -0.15) is 0 Å². The molecule has 0 amide bonds. The van der Waals surface area contributed by atoms with Crippen molar-refractivity contribution < 1.29 is 9.53 Å². The van der Waals surface area contributed by atoms with E-state index in [1.54, 1.807) is 0 Å². The Kier molecular flexibility index (Phi) is 4.21. The van der Waals surface area contributed by atoms with Crippen molar-refractivity contribution in [3.63, 3.8) is 0 Å². The van der Waals surface area contributed by atoms with Crippen molar-refractivity contribution in [1.29, 1.82) is 0 Å². The second-order valence-corrected chi connectivity index (χ2v) is 5.36. The third-order valence-corrected chi connectivity index (χ3v) is 3.49. The Bertz CT molecular complexity index is 426. The number of Topliss-reactive ketones (excluding diaryl/α,β-unsaturated/α-hetero) is 1. The van der Waals surface area contributed by atoms with Gasteiger partial charge in [0.05, 0.1) is 6.61 Å².